The summed E-state index contributed by atoms with van der Waals surface area (Å²) >= 11 is 14.2. The van der Waals surface area contributed by atoms with Crippen LogP contribution in [-0.2, 0) is 6.54 Å². The highest BCUT2D eigenvalue weighted by Crippen LogP contribution is 2.38. The molecule has 1 N–H and O–H groups in total. The predicted molar refractivity (Wildman–Crippen MR) is 89.9 cm³/mol. The lowest BCUT2D eigenvalue weighted by Crippen LogP contribution is -2.07. The van der Waals surface area contributed by atoms with Crippen molar-refractivity contribution in [3.8, 4) is 5.75 Å². The van der Waals surface area contributed by atoms with Gasteiger partial charge in [0.1, 0.15) is 0 Å². The van der Waals surface area contributed by atoms with Gasteiger partial charge in [-0.2, -0.15) is 8.78 Å². The van der Waals surface area contributed by atoms with Crippen LogP contribution >= 0.6 is 54.8 Å². The van der Waals surface area contributed by atoms with Crippen LogP contribution in [0.15, 0.2) is 27.1 Å². The summed E-state index contributed by atoms with van der Waals surface area (Å²) in [7, 11) is 0. The molecule has 0 aliphatic rings. The summed E-state index contributed by atoms with van der Waals surface area (Å²) in [4.78, 5) is 2.22. The fourth-order valence-electron chi connectivity index (χ4n) is 1.69. The lowest BCUT2D eigenvalue weighted by atomic mass is 10.3. The van der Waals surface area contributed by atoms with Crippen molar-refractivity contribution in [1.29, 1.82) is 0 Å². The van der Waals surface area contributed by atoms with E-state index in [4.69, 9.17) is 11.6 Å². The fourth-order valence-corrected chi connectivity index (χ4v) is 4.13. The van der Waals surface area contributed by atoms with Crippen LogP contribution in [0.25, 0.3) is 0 Å². The number of nitrogens with one attached hydrogen (secondary N) is 1. The minimum Gasteiger partial charge on any atom is -0.431 e. The van der Waals surface area contributed by atoms with Crippen LogP contribution in [0.1, 0.15) is 9.75 Å². The Kier molecular flexibility index (Phi) is 5.88. The van der Waals surface area contributed by atoms with Crippen molar-refractivity contribution in [2.45, 2.75) is 20.1 Å². The molecule has 114 valence electrons. The zero-order chi connectivity index (χ0) is 15.6. The molecule has 0 fully saturated rings. The molecule has 0 aliphatic heterocycles. The minimum absolute atomic E-state index is 0.0433. The summed E-state index contributed by atoms with van der Waals surface area (Å²) < 4.78 is 30.9. The van der Waals surface area contributed by atoms with Gasteiger partial charge in [0.05, 0.1) is 10.2 Å². The van der Waals surface area contributed by atoms with Crippen LogP contribution in [0.4, 0.5) is 14.5 Å². The molecular weight excluding hydrogens is 451 g/mol. The number of hydrogen-bond acceptors (Lipinski definition) is 3. The lowest BCUT2D eigenvalue weighted by molar-refractivity contribution is -0.0498. The quantitative estimate of drug-likeness (QED) is 0.553. The average molecular weight is 462 g/mol. The highest BCUT2D eigenvalue weighted by Gasteiger charge is 2.15. The number of benzene rings is 1. The number of aryl methyl sites for hydroxylation is 1. The predicted octanol–water partition coefficient (Wildman–Crippen LogP) is 6.45. The van der Waals surface area contributed by atoms with Gasteiger partial charge in [-0.1, -0.05) is 11.6 Å². The Hall–Kier alpha value is -0.370. The second kappa shape index (κ2) is 7.26. The topological polar surface area (TPSA) is 21.3 Å². The molecule has 2 aromatic rings. The monoisotopic (exact) mass is 459 g/mol. The van der Waals surface area contributed by atoms with E-state index in [1.54, 1.807) is 17.4 Å². The first-order chi connectivity index (χ1) is 9.86. The summed E-state index contributed by atoms with van der Waals surface area (Å²) in [5.41, 5.74) is 0.414. The second-order valence-electron chi connectivity index (χ2n) is 4.11. The Balaban J connectivity index is 2.21. The van der Waals surface area contributed by atoms with Crippen molar-refractivity contribution in [1.82, 2.24) is 0 Å². The standard InChI is InChI=1S/C13H10Br2ClF2NOS/c1-6-9(14)4-8(21-6)5-19-11-3-7(16)2-10(15)12(11)20-13(17)18/h2-4,13,19H,5H2,1H3. The zero-order valence-corrected chi connectivity index (χ0v) is 15.5. The molecule has 0 spiro atoms. The van der Waals surface area contributed by atoms with Crippen molar-refractivity contribution < 1.29 is 13.5 Å². The summed E-state index contributed by atoms with van der Waals surface area (Å²) in [6, 6.07) is 5.05. The number of anilines is 1. The van der Waals surface area contributed by atoms with E-state index >= 15 is 0 Å². The van der Waals surface area contributed by atoms with E-state index in [0.717, 1.165) is 14.2 Å². The van der Waals surface area contributed by atoms with Crippen LogP contribution < -0.4 is 10.1 Å². The molecule has 1 heterocycles. The third kappa shape index (κ3) is 4.55. The largest absolute Gasteiger partial charge is 0.431 e. The highest BCUT2D eigenvalue weighted by atomic mass is 79.9. The molecule has 8 heteroatoms. The maximum absolute atomic E-state index is 12.5. The lowest BCUT2D eigenvalue weighted by Gasteiger charge is -2.14. The smallest absolute Gasteiger partial charge is 0.387 e. The van der Waals surface area contributed by atoms with E-state index in [1.165, 1.54) is 6.07 Å². The number of rotatable bonds is 5. The van der Waals surface area contributed by atoms with Gasteiger partial charge in [-0.15, -0.1) is 11.3 Å². The number of hydrogen-bond donors (Lipinski definition) is 1. The molecule has 0 amide bonds. The average Bonchev–Trinajstić information content (AvgIpc) is 2.69. The van der Waals surface area contributed by atoms with Crippen molar-refractivity contribution in [3.05, 3.63) is 41.9 Å². The molecule has 0 atom stereocenters. The number of alkyl halides is 2. The molecule has 0 bridgehead atoms. The Morgan fingerprint density at radius 3 is 2.57 bits per heavy atom. The van der Waals surface area contributed by atoms with Crippen molar-refractivity contribution in [3.63, 3.8) is 0 Å². The Bertz CT molecular complexity index is 632. The van der Waals surface area contributed by atoms with Gasteiger partial charge >= 0.3 is 6.61 Å². The van der Waals surface area contributed by atoms with Crippen molar-refractivity contribution in [2.24, 2.45) is 0 Å². The third-order valence-electron chi connectivity index (χ3n) is 2.58. The van der Waals surface area contributed by atoms with Crippen LogP contribution in [-0.4, -0.2) is 6.61 Å². The fraction of sp³-hybridized carbons (Fsp3) is 0.231. The van der Waals surface area contributed by atoms with E-state index in [-0.39, 0.29) is 5.75 Å². The summed E-state index contributed by atoms with van der Waals surface area (Å²) in [5.74, 6) is 0.0433. The van der Waals surface area contributed by atoms with Gasteiger partial charge in [0, 0.05) is 25.8 Å². The number of ether oxygens (including phenoxy) is 1. The molecular formula is C13H10Br2ClF2NOS. The van der Waals surface area contributed by atoms with E-state index in [1.807, 2.05) is 13.0 Å². The maximum atomic E-state index is 12.5. The van der Waals surface area contributed by atoms with Gasteiger partial charge in [0.15, 0.2) is 5.75 Å². The van der Waals surface area contributed by atoms with E-state index in [0.29, 0.717) is 21.7 Å². The molecule has 0 radical (unpaired) electrons. The minimum atomic E-state index is -2.90. The Morgan fingerprint density at radius 2 is 2.00 bits per heavy atom. The number of thiophene rings is 1. The van der Waals surface area contributed by atoms with Gasteiger partial charge < -0.3 is 10.1 Å². The molecule has 1 aromatic carbocycles. The second-order valence-corrected chi connectivity index (χ2v) is 7.60. The van der Waals surface area contributed by atoms with Crippen molar-refractivity contribution in [2.75, 3.05) is 5.32 Å². The Labute approximate surface area is 146 Å². The van der Waals surface area contributed by atoms with Crippen molar-refractivity contribution >= 4 is 60.5 Å². The molecule has 0 aliphatic carbocycles. The van der Waals surface area contributed by atoms with E-state index in [2.05, 4.69) is 41.9 Å². The molecule has 21 heavy (non-hydrogen) atoms. The molecule has 2 rings (SSSR count). The first-order valence-electron chi connectivity index (χ1n) is 5.79. The first-order valence-corrected chi connectivity index (χ1v) is 8.57. The third-order valence-corrected chi connectivity index (χ3v) is 5.52. The molecule has 0 unspecified atom stereocenters. The first kappa shape index (κ1) is 17.0. The number of halogens is 5. The molecule has 2 nitrogen and oxygen atoms in total. The van der Waals surface area contributed by atoms with Crippen LogP contribution in [0.2, 0.25) is 5.02 Å². The molecule has 0 saturated heterocycles. The molecule has 1 aromatic heterocycles. The van der Waals surface area contributed by atoms with Gasteiger partial charge in [0.25, 0.3) is 0 Å². The maximum Gasteiger partial charge on any atom is 0.387 e. The van der Waals surface area contributed by atoms with Gasteiger partial charge in [-0.3, -0.25) is 0 Å². The highest BCUT2D eigenvalue weighted by molar-refractivity contribution is 9.10. The SMILES string of the molecule is Cc1sc(CNc2cc(Cl)cc(Br)c2OC(F)F)cc1Br. The Morgan fingerprint density at radius 1 is 1.29 bits per heavy atom. The van der Waals surface area contributed by atoms with Gasteiger partial charge in [0.2, 0.25) is 0 Å². The van der Waals surface area contributed by atoms with E-state index < -0.39 is 6.61 Å². The van der Waals surface area contributed by atoms with Crippen LogP contribution in [0, 0.1) is 6.92 Å². The van der Waals surface area contributed by atoms with Gasteiger partial charge in [-0.25, -0.2) is 0 Å². The van der Waals surface area contributed by atoms with Crippen LogP contribution in [0.3, 0.4) is 0 Å². The summed E-state index contributed by atoms with van der Waals surface area (Å²) in [5, 5.41) is 3.50. The van der Waals surface area contributed by atoms with Crippen LogP contribution in [0.5, 0.6) is 5.75 Å². The molecule has 0 saturated carbocycles. The summed E-state index contributed by atoms with van der Waals surface area (Å²) in [6.07, 6.45) is 0. The van der Waals surface area contributed by atoms with E-state index in [9.17, 15) is 8.78 Å². The summed E-state index contributed by atoms with van der Waals surface area (Å²) in [6.45, 7) is -0.413. The zero-order valence-electron chi connectivity index (χ0n) is 10.7. The normalized spacial score (nSPS) is 11.0. The van der Waals surface area contributed by atoms with Gasteiger partial charge in [-0.05, 0) is 57.0 Å².